The molecule has 0 unspecified atom stereocenters. The van der Waals surface area contributed by atoms with Gasteiger partial charge >= 0.3 is 40.0 Å². The van der Waals surface area contributed by atoms with Crippen LogP contribution in [0.25, 0.3) is 0 Å². The quantitative estimate of drug-likeness (QED) is 0.394. The lowest BCUT2D eigenvalue weighted by Crippen LogP contribution is -2.18. The van der Waals surface area contributed by atoms with Crippen LogP contribution in [0.15, 0.2) is 11.3 Å². The number of allylic oxidation sites excluding steroid dienone is 2. The molecule has 0 aromatic carbocycles. The van der Waals surface area contributed by atoms with E-state index >= 15 is 0 Å². The van der Waals surface area contributed by atoms with Crippen molar-refractivity contribution < 1.29 is 20.6 Å². The lowest BCUT2D eigenvalue weighted by Gasteiger charge is -2.10. The van der Waals surface area contributed by atoms with Gasteiger partial charge in [0.15, 0.2) is 0 Å². The molecule has 0 N–H and O–H groups in total. The molecular formula is C6H9O5Si6. The number of rotatable bonds is 10. The molecule has 17 heavy (non-hydrogen) atoms. The van der Waals surface area contributed by atoms with Gasteiger partial charge in [-0.3, -0.25) is 0 Å². The predicted octanol–water partition coefficient (Wildman–Crippen LogP) is -0.633. The average Bonchev–Trinajstić information content (AvgIpc) is 2.38. The van der Waals surface area contributed by atoms with Crippen molar-refractivity contribution in [1.82, 2.24) is 0 Å². The number of hydrogen-bond donors (Lipinski definition) is 0. The molecule has 11 heteroatoms. The summed E-state index contributed by atoms with van der Waals surface area (Å²) in [4.78, 5) is 0. The van der Waals surface area contributed by atoms with E-state index in [-0.39, 0.29) is 40.0 Å². The van der Waals surface area contributed by atoms with Crippen LogP contribution in [0.5, 0.6) is 0 Å². The van der Waals surface area contributed by atoms with E-state index in [2.05, 4.69) is 20.7 Å². The maximum absolute atomic E-state index is 5.42. The summed E-state index contributed by atoms with van der Waals surface area (Å²) in [6, 6.07) is 0. The van der Waals surface area contributed by atoms with Crippen molar-refractivity contribution in [3.8, 4) is 0 Å². The largest absolute Gasteiger partial charge is 0.435 e. The first-order valence-electron chi connectivity index (χ1n) is 4.84. The zero-order chi connectivity index (χ0) is 12.2. The zero-order valence-corrected chi connectivity index (χ0v) is 14.9. The molecule has 0 heterocycles. The summed E-state index contributed by atoms with van der Waals surface area (Å²) in [6.45, 7) is 0. The van der Waals surface area contributed by atoms with Gasteiger partial charge in [-0.25, -0.2) is 0 Å². The Morgan fingerprint density at radius 2 is 1.65 bits per heavy atom. The summed E-state index contributed by atoms with van der Waals surface area (Å²) in [5.41, 5.74) is 0. The van der Waals surface area contributed by atoms with E-state index in [9.17, 15) is 0 Å². The highest BCUT2D eigenvalue weighted by Crippen LogP contribution is 2.15. The van der Waals surface area contributed by atoms with Gasteiger partial charge in [0.2, 0.25) is 10.5 Å². The summed E-state index contributed by atoms with van der Waals surface area (Å²) in [6.07, 6.45) is 7.23. The van der Waals surface area contributed by atoms with Gasteiger partial charge < -0.3 is 20.6 Å². The minimum atomic E-state index is -0.0612. The first kappa shape index (κ1) is 15.9. The van der Waals surface area contributed by atoms with Crippen molar-refractivity contribution in [2.24, 2.45) is 0 Å². The smallest absolute Gasteiger partial charge is 0.412 e. The Balaban J connectivity index is 1.79. The lowest BCUT2D eigenvalue weighted by atomic mass is 10.1. The van der Waals surface area contributed by atoms with Crippen LogP contribution in [-0.2, 0) is 20.6 Å². The Hall–Kier alpha value is 0.841. The minimum absolute atomic E-state index is 0.0379. The van der Waals surface area contributed by atoms with Crippen LogP contribution in [0.1, 0.15) is 25.7 Å². The van der Waals surface area contributed by atoms with Crippen molar-refractivity contribution in [1.29, 1.82) is 0 Å². The molecule has 13 radical (unpaired) electrons. The maximum Gasteiger partial charge on any atom is 0.412 e. The van der Waals surface area contributed by atoms with Gasteiger partial charge in [0.25, 0.3) is 9.76 Å². The first-order chi connectivity index (χ1) is 8.43. The van der Waals surface area contributed by atoms with Crippen LogP contribution in [-0.4, -0.2) is 60.3 Å². The molecular weight excluding hydrogens is 321 g/mol. The van der Waals surface area contributed by atoms with Crippen LogP contribution in [0.4, 0.5) is 0 Å². The van der Waals surface area contributed by atoms with Crippen LogP contribution in [0.3, 0.4) is 0 Å². The molecule has 1 aliphatic rings. The molecule has 0 aromatic heterocycles. The van der Waals surface area contributed by atoms with E-state index in [0.29, 0.717) is 9.76 Å². The molecule has 0 spiro atoms. The van der Waals surface area contributed by atoms with E-state index < -0.39 is 0 Å². The standard InChI is InChI=1S/C6H9O5Si6/c12-7-14-9-16-11-17-10-15-8-13-6-4-2-1-3-5-6/h4H,1-3,5H2. The van der Waals surface area contributed by atoms with Gasteiger partial charge in [0, 0.05) is 0 Å². The molecule has 5 nitrogen and oxygen atoms in total. The second-order valence-electron chi connectivity index (χ2n) is 2.92. The van der Waals surface area contributed by atoms with Gasteiger partial charge in [-0.05, 0) is 25.7 Å². The predicted molar refractivity (Wildman–Crippen MR) is 66.5 cm³/mol. The molecule has 0 saturated carbocycles. The van der Waals surface area contributed by atoms with E-state index in [0.717, 1.165) is 0 Å². The number of hydrogen-bond acceptors (Lipinski definition) is 5. The second-order valence-corrected chi connectivity index (χ2v) is 8.52. The van der Waals surface area contributed by atoms with E-state index in [1.807, 2.05) is 0 Å². The van der Waals surface area contributed by atoms with Gasteiger partial charge in [-0.1, -0.05) is 11.3 Å². The van der Waals surface area contributed by atoms with Gasteiger partial charge in [-0.2, -0.15) is 0 Å². The summed E-state index contributed by atoms with van der Waals surface area (Å²) >= 11 is 0. The fraction of sp³-hybridized carbons (Fsp3) is 0.667. The Bertz CT molecular complexity index is 217. The summed E-state index contributed by atoms with van der Waals surface area (Å²) < 4.78 is 25.1. The van der Waals surface area contributed by atoms with Crippen LogP contribution >= 0.6 is 0 Å². The third-order valence-electron chi connectivity index (χ3n) is 1.81. The molecule has 87 valence electrons. The molecule has 0 amide bonds. The Morgan fingerprint density at radius 3 is 2.29 bits per heavy atom. The fourth-order valence-corrected chi connectivity index (χ4v) is 4.92. The molecule has 0 aliphatic heterocycles. The Kier molecular flexibility index (Phi) is 11.1. The summed E-state index contributed by atoms with van der Waals surface area (Å²) in [5.74, 6) is 0. The van der Waals surface area contributed by atoms with Crippen molar-refractivity contribution in [3.05, 3.63) is 11.3 Å². The third kappa shape index (κ3) is 9.42. The topological polar surface area (TPSA) is 46.2 Å². The minimum Gasteiger partial charge on any atom is -0.435 e. The molecule has 0 bridgehead atoms. The lowest BCUT2D eigenvalue weighted by molar-refractivity contribution is 0.390. The highest BCUT2D eigenvalue weighted by atomic mass is 28.4. The monoisotopic (exact) mass is 329 g/mol. The van der Waals surface area contributed by atoms with Gasteiger partial charge in [0.05, 0.1) is 0 Å². The van der Waals surface area contributed by atoms with Crippen molar-refractivity contribution in [2.75, 3.05) is 0 Å². The normalized spacial score (nSPS) is 15.9. The highest BCUT2D eigenvalue weighted by molar-refractivity contribution is 6.50. The van der Waals surface area contributed by atoms with Crippen molar-refractivity contribution >= 4 is 60.3 Å². The Labute approximate surface area is 118 Å². The van der Waals surface area contributed by atoms with Crippen molar-refractivity contribution in [2.45, 2.75) is 25.7 Å². The van der Waals surface area contributed by atoms with E-state index in [1.54, 1.807) is 0 Å². The SMILES string of the molecule is [Si]O[Si]O[Si]O[Si]O[Si]O[Si]C1=CCCCC1. The maximum atomic E-state index is 5.42. The van der Waals surface area contributed by atoms with Gasteiger partial charge in [-0.15, -0.1) is 0 Å². The molecule has 0 fully saturated rings. The van der Waals surface area contributed by atoms with E-state index in [1.165, 1.54) is 30.9 Å². The molecule has 0 atom stereocenters. The fourth-order valence-electron chi connectivity index (χ4n) is 1.15. The molecule has 0 aromatic rings. The third-order valence-corrected chi connectivity index (χ3v) is 5.60. The average molecular weight is 330 g/mol. The van der Waals surface area contributed by atoms with Crippen LogP contribution in [0.2, 0.25) is 0 Å². The molecule has 0 saturated heterocycles. The molecule has 1 aliphatic carbocycles. The highest BCUT2D eigenvalue weighted by Gasteiger charge is 2.06. The van der Waals surface area contributed by atoms with Crippen LogP contribution in [0, 0.1) is 0 Å². The first-order valence-corrected chi connectivity index (χ1v) is 9.42. The van der Waals surface area contributed by atoms with Gasteiger partial charge in [0.1, 0.15) is 0 Å². The van der Waals surface area contributed by atoms with Crippen LogP contribution < -0.4 is 0 Å². The molecule has 1 rings (SSSR count). The Morgan fingerprint density at radius 1 is 0.941 bits per heavy atom. The van der Waals surface area contributed by atoms with E-state index in [4.69, 9.17) is 16.5 Å². The summed E-state index contributed by atoms with van der Waals surface area (Å²) in [7, 11) is 3.13. The summed E-state index contributed by atoms with van der Waals surface area (Å²) in [5, 5.41) is 1.41. The van der Waals surface area contributed by atoms with Crippen molar-refractivity contribution in [3.63, 3.8) is 0 Å². The second kappa shape index (κ2) is 11.9. The zero-order valence-electron chi connectivity index (χ0n) is 8.95.